The molecule has 1 saturated carbocycles. The van der Waals surface area contributed by atoms with E-state index in [1.807, 2.05) is 4.90 Å². The Bertz CT molecular complexity index is 426. The van der Waals surface area contributed by atoms with E-state index in [0.717, 1.165) is 19.3 Å². The minimum absolute atomic E-state index is 0.00983. The fourth-order valence-electron chi connectivity index (χ4n) is 2.09. The molecule has 0 aromatic carbocycles. The number of amides is 2. The Kier molecular flexibility index (Phi) is 4.70. The monoisotopic (exact) mass is 266 g/mol. The lowest BCUT2D eigenvalue weighted by Gasteiger charge is -2.36. The molecular formula is C13H18N2O4. The van der Waals surface area contributed by atoms with Crippen LogP contribution in [0.4, 0.5) is 0 Å². The van der Waals surface area contributed by atoms with Crippen molar-refractivity contribution >= 4 is 11.8 Å². The van der Waals surface area contributed by atoms with Crippen LogP contribution in [-0.2, 0) is 4.79 Å². The third-order valence-corrected chi connectivity index (χ3v) is 3.32. The van der Waals surface area contributed by atoms with Crippen molar-refractivity contribution in [2.24, 2.45) is 0 Å². The third-order valence-electron chi connectivity index (χ3n) is 3.32. The van der Waals surface area contributed by atoms with Gasteiger partial charge in [-0.15, -0.1) is 0 Å². The van der Waals surface area contributed by atoms with E-state index < -0.39 is 5.91 Å². The number of furan rings is 1. The SMILES string of the molecule is O=C(CN(CCO)C1CCC1)NC(=O)c1ccco1. The van der Waals surface area contributed by atoms with Gasteiger partial charge in [-0.3, -0.25) is 19.8 Å². The molecule has 0 aliphatic heterocycles. The van der Waals surface area contributed by atoms with Crippen molar-refractivity contribution in [3.63, 3.8) is 0 Å². The largest absolute Gasteiger partial charge is 0.459 e. The summed E-state index contributed by atoms with van der Waals surface area (Å²) in [5.41, 5.74) is 0. The van der Waals surface area contributed by atoms with Crippen molar-refractivity contribution in [3.8, 4) is 0 Å². The fraction of sp³-hybridized carbons (Fsp3) is 0.538. The van der Waals surface area contributed by atoms with Crippen LogP contribution in [0.1, 0.15) is 29.8 Å². The Balaban J connectivity index is 1.83. The zero-order valence-electron chi connectivity index (χ0n) is 10.7. The van der Waals surface area contributed by atoms with Crippen LogP contribution in [0.15, 0.2) is 22.8 Å². The highest BCUT2D eigenvalue weighted by molar-refractivity contribution is 6.03. The van der Waals surface area contributed by atoms with Crippen molar-refractivity contribution in [2.75, 3.05) is 19.7 Å². The maximum absolute atomic E-state index is 11.8. The first-order valence-corrected chi connectivity index (χ1v) is 6.43. The topological polar surface area (TPSA) is 82.8 Å². The summed E-state index contributed by atoms with van der Waals surface area (Å²) >= 11 is 0. The van der Waals surface area contributed by atoms with Crippen molar-refractivity contribution in [3.05, 3.63) is 24.2 Å². The van der Waals surface area contributed by atoms with Crippen LogP contribution in [0, 0.1) is 0 Å². The van der Waals surface area contributed by atoms with Crippen LogP contribution in [0.25, 0.3) is 0 Å². The predicted octanol–water partition coefficient (Wildman–Crippen LogP) is 0.383. The van der Waals surface area contributed by atoms with Crippen LogP contribution in [0.5, 0.6) is 0 Å². The second-order valence-corrected chi connectivity index (χ2v) is 4.63. The number of aliphatic hydroxyl groups excluding tert-OH is 1. The van der Waals surface area contributed by atoms with Crippen molar-refractivity contribution in [2.45, 2.75) is 25.3 Å². The van der Waals surface area contributed by atoms with E-state index in [1.165, 1.54) is 12.3 Å². The molecule has 1 aromatic rings. The van der Waals surface area contributed by atoms with Crippen molar-refractivity contribution in [1.82, 2.24) is 10.2 Å². The van der Waals surface area contributed by atoms with E-state index in [0.29, 0.717) is 12.6 Å². The van der Waals surface area contributed by atoms with Crippen LogP contribution in [0.2, 0.25) is 0 Å². The summed E-state index contributed by atoms with van der Waals surface area (Å²) in [6.07, 6.45) is 4.62. The summed E-state index contributed by atoms with van der Waals surface area (Å²) < 4.78 is 4.91. The van der Waals surface area contributed by atoms with Gasteiger partial charge in [0.1, 0.15) is 0 Å². The van der Waals surface area contributed by atoms with Gasteiger partial charge in [0.05, 0.1) is 19.4 Å². The average molecular weight is 266 g/mol. The molecule has 1 aliphatic rings. The van der Waals surface area contributed by atoms with E-state index >= 15 is 0 Å². The Morgan fingerprint density at radius 1 is 1.47 bits per heavy atom. The van der Waals surface area contributed by atoms with Gasteiger partial charge in [-0.25, -0.2) is 0 Å². The number of hydrogen-bond donors (Lipinski definition) is 2. The molecule has 0 radical (unpaired) electrons. The van der Waals surface area contributed by atoms with E-state index in [2.05, 4.69) is 5.32 Å². The van der Waals surface area contributed by atoms with Crippen molar-refractivity contribution < 1.29 is 19.1 Å². The molecule has 1 fully saturated rings. The zero-order chi connectivity index (χ0) is 13.7. The lowest BCUT2D eigenvalue weighted by atomic mass is 9.91. The van der Waals surface area contributed by atoms with Gasteiger partial charge < -0.3 is 9.52 Å². The number of aliphatic hydroxyl groups is 1. The van der Waals surface area contributed by atoms with Gasteiger partial charge in [-0.05, 0) is 25.0 Å². The number of carbonyl (C=O) groups is 2. The molecular weight excluding hydrogens is 248 g/mol. The molecule has 0 saturated heterocycles. The Morgan fingerprint density at radius 2 is 2.26 bits per heavy atom. The smallest absolute Gasteiger partial charge is 0.293 e. The molecule has 2 rings (SSSR count). The maximum atomic E-state index is 11.8. The summed E-state index contributed by atoms with van der Waals surface area (Å²) in [4.78, 5) is 25.3. The Labute approximate surface area is 111 Å². The number of imide groups is 1. The van der Waals surface area contributed by atoms with Gasteiger partial charge in [-0.2, -0.15) is 0 Å². The second kappa shape index (κ2) is 6.49. The molecule has 1 aromatic heterocycles. The summed E-state index contributed by atoms with van der Waals surface area (Å²) in [7, 11) is 0. The van der Waals surface area contributed by atoms with Crippen LogP contribution >= 0.6 is 0 Å². The zero-order valence-corrected chi connectivity index (χ0v) is 10.7. The molecule has 0 spiro atoms. The van der Waals surface area contributed by atoms with Crippen LogP contribution < -0.4 is 5.32 Å². The number of nitrogens with one attached hydrogen (secondary N) is 1. The highest BCUT2D eigenvalue weighted by Gasteiger charge is 2.26. The maximum Gasteiger partial charge on any atom is 0.293 e. The van der Waals surface area contributed by atoms with E-state index in [9.17, 15) is 9.59 Å². The molecule has 0 bridgehead atoms. The van der Waals surface area contributed by atoms with Gasteiger partial charge in [0, 0.05) is 12.6 Å². The third kappa shape index (κ3) is 3.65. The summed E-state index contributed by atoms with van der Waals surface area (Å²) in [5.74, 6) is -0.792. The molecule has 19 heavy (non-hydrogen) atoms. The highest BCUT2D eigenvalue weighted by atomic mass is 16.3. The summed E-state index contributed by atoms with van der Waals surface area (Å²) in [6, 6.07) is 3.43. The quantitative estimate of drug-likeness (QED) is 0.778. The normalized spacial score (nSPS) is 15.3. The highest BCUT2D eigenvalue weighted by Crippen LogP contribution is 2.24. The minimum Gasteiger partial charge on any atom is -0.459 e. The molecule has 104 valence electrons. The Morgan fingerprint density at radius 3 is 2.79 bits per heavy atom. The van der Waals surface area contributed by atoms with Crippen LogP contribution in [0.3, 0.4) is 0 Å². The first kappa shape index (κ1) is 13.8. The molecule has 6 nitrogen and oxygen atoms in total. The van der Waals surface area contributed by atoms with Gasteiger partial charge in [0.2, 0.25) is 5.91 Å². The predicted molar refractivity (Wildman–Crippen MR) is 67.5 cm³/mol. The summed E-state index contributed by atoms with van der Waals surface area (Å²) in [5, 5.41) is 11.3. The molecule has 2 N–H and O–H groups in total. The van der Waals surface area contributed by atoms with Gasteiger partial charge in [0.25, 0.3) is 5.91 Å². The molecule has 2 amide bonds. The second-order valence-electron chi connectivity index (χ2n) is 4.63. The number of carbonyl (C=O) groups excluding carboxylic acids is 2. The van der Waals surface area contributed by atoms with Gasteiger partial charge in [-0.1, -0.05) is 6.42 Å². The summed E-state index contributed by atoms with van der Waals surface area (Å²) in [6.45, 7) is 0.584. The van der Waals surface area contributed by atoms with E-state index in [1.54, 1.807) is 6.07 Å². The molecule has 0 atom stereocenters. The number of nitrogens with zero attached hydrogens (tertiary/aromatic N) is 1. The average Bonchev–Trinajstić information content (AvgIpc) is 2.79. The van der Waals surface area contributed by atoms with Gasteiger partial charge >= 0.3 is 0 Å². The minimum atomic E-state index is -0.535. The fourth-order valence-corrected chi connectivity index (χ4v) is 2.09. The van der Waals surface area contributed by atoms with E-state index in [-0.39, 0.29) is 24.8 Å². The molecule has 0 unspecified atom stereocenters. The molecule has 1 heterocycles. The number of rotatable bonds is 6. The van der Waals surface area contributed by atoms with E-state index in [4.69, 9.17) is 9.52 Å². The Hall–Kier alpha value is -1.66. The first-order valence-electron chi connectivity index (χ1n) is 6.43. The molecule has 6 heteroatoms. The lowest BCUT2D eigenvalue weighted by Crippen LogP contribution is -2.48. The lowest BCUT2D eigenvalue weighted by molar-refractivity contribution is -0.122. The van der Waals surface area contributed by atoms with Crippen molar-refractivity contribution in [1.29, 1.82) is 0 Å². The van der Waals surface area contributed by atoms with Gasteiger partial charge in [0.15, 0.2) is 5.76 Å². The molecule has 1 aliphatic carbocycles. The van der Waals surface area contributed by atoms with Crippen LogP contribution in [-0.4, -0.2) is 47.6 Å². The standard InChI is InChI=1S/C13H18N2O4/c16-7-6-15(10-3-1-4-10)9-12(17)14-13(18)11-5-2-8-19-11/h2,5,8,10,16H,1,3-4,6-7,9H2,(H,14,17,18). The first-order chi connectivity index (χ1) is 9.20. The number of hydrogen-bond acceptors (Lipinski definition) is 5.